The molecule has 1 fully saturated rings. The first-order chi connectivity index (χ1) is 6.79. The Balaban J connectivity index is 2.62. The highest BCUT2D eigenvalue weighted by Gasteiger charge is 2.33. The van der Waals surface area contributed by atoms with Crippen molar-refractivity contribution in [2.24, 2.45) is 17.8 Å². The van der Waals surface area contributed by atoms with E-state index in [2.05, 4.69) is 20.8 Å². The second kappa shape index (κ2) is 5.07. The van der Waals surface area contributed by atoms with Gasteiger partial charge in [-0.15, -0.1) is 0 Å². The molecule has 0 spiro atoms. The van der Waals surface area contributed by atoms with Crippen molar-refractivity contribution in [3.05, 3.63) is 0 Å². The summed E-state index contributed by atoms with van der Waals surface area (Å²) in [5, 5.41) is 0. The van der Waals surface area contributed by atoms with Crippen LogP contribution in [0, 0.1) is 17.8 Å². The molecule has 1 rings (SSSR count). The van der Waals surface area contributed by atoms with Crippen LogP contribution in [0.15, 0.2) is 0 Å². The van der Waals surface area contributed by atoms with Crippen molar-refractivity contribution in [3.8, 4) is 0 Å². The van der Waals surface area contributed by atoms with Crippen LogP contribution in [-0.4, -0.2) is 23.2 Å². The molecule has 2 nitrogen and oxygen atoms in total. The number of rotatable bonds is 3. The zero-order valence-corrected chi connectivity index (χ0v) is 11.5. The van der Waals surface area contributed by atoms with Crippen molar-refractivity contribution < 1.29 is 8.74 Å². The lowest BCUT2D eigenvalue weighted by atomic mass is 9.75. The molecule has 0 aromatic carbocycles. The van der Waals surface area contributed by atoms with Gasteiger partial charge in [-0.2, -0.15) is 10.6 Å². The molecule has 3 unspecified atom stereocenters. The van der Waals surface area contributed by atoms with Crippen LogP contribution in [0.3, 0.4) is 0 Å². The summed E-state index contributed by atoms with van der Waals surface area (Å²) in [7, 11) is -1.81. The maximum Gasteiger partial charge on any atom is 0.0854 e. The van der Waals surface area contributed by atoms with Gasteiger partial charge < -0.3 is 0 Å². The quantitative estimate of drug-likeness (QED) is 0.802. The first kappa shape index (κ1) is 13.3. The van der Waals surface area contributed by atoms with E-state index in [4.69, 9.17) is 4.18 Å². The minimum Gasteiger partial charge on any atom is -0.300 e. The average molecular weight is 234 g/mol. The molecule has 1 N–H and O–H groups in total. The van der Waals surface area contributed by atoms with Crippen LogP contribution in [-0.2, 0) is 4.18 Å². The molecule has 0 aromatic heterocycles. The topological polar surface area (TPSA) is 29.5 Å². The summed E-state index contributed by atoms with van der Waals surface area (Å²) >= 11 is 0. The van der Waals surface area contributed by atoms with Gasteiger partial charge in [0.15, 0.2) is 0 Å². The molecule has 0 radical (unpaired) electrons. The summed E-state index contributed by atoms with van der Waals surface area (Å²) in [5.74, 6) is 2.02. The summed E-state index contributed by atoms with van der Waals surface area (Å²) in [6.45, 7) is 6.81. The molecule has 1 aliphatic carbocycles. The molecule has 3 atom stereocenters. The van der Waals surface area contributed by atoms with Crippen LogP contribution in [0.5, 0.6) is 0 Å². The molecule has 3 heteroatoms. The van der Waals surface area contributed by atoms with E-state index in [9.17, 15) is 4.55 Å². The summed E-state index contributed by atoms with van der Waals surface area (Å²) < 4.78 is 15.7. The summed E-state index contributed by atoms with van der Waals surface area (Å²) in [5.41, 5.74) is 0. The lowest BCUT2D eigenvalue weighted by molar-refractivity contribution is 0.0513. The Morgan fingerprint density at radius 2 is 1.87 bits per heavy atom. The van der Waals surface area contributed by atoms with E-state index >= 15 is 0 Å². The molecule has 1 saturated carbocycles. The third-order valence-corrected chi connectivity index (χ3v) is 4.04. The van der Waals surface area contributed by atoms with Gasteiger partial charge in [0.25, 0.3) is 0 Å². The monoisotopic (exact) mass is 234 g/mol. The van der Waals surface area contributed by atoms with Crippen molar-refractivity contribution in [3.63, 3.8) is 0 Å². The second-order valence-corrected chi connectivity index (χ2v) is 8.20. The molecule has 0 bridgehead atoms. The maximum absolute atomic E-state index is 9.82. The van der Waals surface area contributed by atoms with Crippen LogP contribution in [0.25, 0.3) is 0 Å². The zero-order chi connectivity index (χ0) is 11.6. The van der Waals surface area contributed by atoms with Gasteiger partial charge in [-0.3, -0.25) is 8.74 Å². The molecular formula is C12H26O2S. The van der Waals surface area contributed by atoms with Crippen molar-refractivity contribution in [1.29, 1.82) is 0 Å². The van der Waals surface area contributed by atoms with Crippen LogP contribution < -0.4 is 0 Å². The Morgan fingerprint density at radius 3 is 2.33 bits per heavy atom. The van der Waals surface area contributed by atoms with Crippen LogP contribution in [0.2, 0.25) is 0 Å². The molecule has 0 aliphatic heterocycles. The fourth-order valence-electron chi connectivity index (χ4n) is 2.53. The molecule has 0 amide bonds. The third kappa shape index (κ3) is 4.33. The zero-order valence-electron chi connectivity index (χ0n) is 10.7. The molecule has 1 aliphatic rings. The van der Waals surface area contributed by atoms with Crippen molar-refractivity contribution >= 4 is 10.6 Å². The average Bonchev–Trinajstić information content (AvgIpc) is 1.99. The normalized spacial score (nSPS) is 34.5. The van der Waals surface area contributed by atoms with Crippen molar-refractivity contribution in [2.75, 3.05) is 12.5 Å². The van der Waals surface area contributed by atoms with Gasteiger partial charge in [-0.25, -0.2) is 0 Å². The van der Waals surface area contributed by atoms with Gasteiger partial charge in [0.2, 0.25) is 0 Å². The van der Waals surface area contributed by atoms with Crippen molar-refractivity contribution in [1.82, 2.24) is 0 Å². The summed E-state index contributed by atoms with van der Waals surface area (Å²) in [6, 6.07) is 0. The van der Waals surface area contributed by atoms with Crippen LogP contribution in [0.1, 0.15) is 40.0 Å². The Morgan fingerprint density at radius 1 is 1.27 bits per heavy atom. The largest absolute Gasteiger partial charge is 0.300 e. The van der Waals surface area contributed by atoms with E-state index in [1.165, 1.54) is 12.8 Å². The SMILES string of the molecule is CC1CCC(C(C)C)C(OS(C)(C)O)C1. The molecule has 92 valence electrons. The standard InChI is InChI=1S/C12H26O2S/c1-9(2)11-7-6-10(3)8-12(11)14-15(4,5)13/h9-13H,6-8H2,1-5H3. The van der Waals surface area contributed by atoms with E-state index in [1.807, 2.05) is 12.5 Å². The fraction of sp³-hybridized carbons (Fsp3) is 1.00. The molecule has 15 heavy (non-hydrogen) atoms. The lowest BCUT2D eigenvalue weighted by Gasteiger charge is -2.42. The van der Waals surface area contributed by atoms with E-state index in [0.29, 0.717) is 11.8 Å². The predicted octanol–water partition coefficient (Wildman–Crippen LogP) is 3.92. The molecule has 0 saturated heterocycles. The molecule has 0 heterocycles. The smallest absolute Gasteiger partial charge is 0.0854 e. The van der Waals surface area contributed by atoms with E-state index < -0.39 is 10.6 Å². The number of hydrogen-bond acceptors (Lipinski definition) is 2. The van der Waals surface area contributed by atoms with E-state index in [1.54, 1.807) is 0 Å². The highest BCUT2D eigenvalue weighted by atomic mass is 32.3. The molecular weight excluding hydrogens is 208 g/mol. The third-order valence-electron chi connectivity index (χ3n) is 3.32. The first-order valence-electron chi connectivity index (χ1n) is 5.93. The Labute approximate surface area is 96.1 Å². The number of hydrogen-bond donors (Lipinski definition) is 1. The summed E-state index contributed by atoms with van der Waals surface area (Å²) in [6.07, 6.45) is 7.56. The predicted molar refractivity (Wildman–Crippen MR) is 68.3 cm³/mol. The van der Waals surface area contributed by atoms with Gasteiger partial charge in [0.05, 0.1) is 6.10 Å². The van der Waals surface area contributed by atoms with Gasteiger partial charge in [-0.05, 0) is 30.6 Å². The molecule has 0 aromatic rings. The lowest BCUT2D eigenvalue weighted by Crippen LogP contribution is -2.34. The van der Waals surface area contributed by atoms with E-state index in [0.717, 1.165) is 12.3 Å². The minimum atomic E-state index is -1.81. The van der Waals surface area contributed by atoms with Crippen molar-refractivity contribution in [2.45, 2.75) is 46.1 Å². The minimum absolute atomic E-state index is 0.267. The van der Waals surface area contributed by atoms with Crippen LogP contribution >= 0.6 is 10.6 Å². The highest BCUT2D eigenvalue weighted by molar-refractivity contribution is 8.23. The van der Waals surface area contributed by atoms with Gasteiger partial charge in [0.1, 0.15) is 0 Å². The fourth-order valence-corrected chi connectivity index (χ4v) is 3.35. The Hall–Kier alpha value is 0.270. The Kier molecular flexibility index (Phi) is 4.50. The van der Waals surface area contributed by atoms with Crippen LogP contribution in [0.4, 0.5) is 0 Å². The first-order valence-corrected chi connectivity index (χ1v) is 8.26. The van der Waals surface area contributed by atoms with Gasteiger partial charge >= 0.3 is 0 Å². The Bertz CT molecular complexity index is 198. The van der Waals surface area contributed by atoms with Gasteiger partial charge in [0, 0.05) is 12.5 Å². The summed E-state index contributed by atoms with van der Waals surface area (Å²) in [4.78, 5) is 0. The second-order valence-electron chi connectivity index (χ2n) is 5.64. The van der Waals surface area contributed by atoms with Gasteiger partial charge in [-0.1, -0.05) is 27.2 Å². The highest BCUT2D eigenvalue weighted by Crippen LogP contribution is 2.44. The maximum atomic E-state index is 9.82. The van der Waals surface area contributed by atoms with E-state index in [-0.39, 0.29) is 6.10 Å².